The second-order valence-electron chi connectivity index (χ2n) is 6.08. The lowest BCUT2D eigenvalue weighted by molar-refractivity contribution is 0.165. The van der Waals surface area contributed by atoms with E-state index in [0.717, 1.165) is 30.0 Å². The minimum Gasteiger partial charge on any atom is -0.497 e. The highest BCUT2D eigenvalue weighted by atomic mass is 35.5. The largest absolute Gasteiger partial charge is 0.497 e. The lowest BCUT2D eigenvalue weighted by Gasteiger charge is -2.26. The number of hydrogen-bond donors (Lipinski definition) is 2. The molecule has 0 amide bonds. The molecule has 2 aromatic carbocycles. The monoisotopic (exact) mass is 347 g/mol. The van der Waals surface area contributed by atoms with Crippen molar-refractivity contribution in [1.82, 2.24) is 5.32 Å². The molecule has 0 spiro atoms. The summed E-state index contributed by atoms with van der Waals surface area (Å²) in [5.74, 6) is 2.16. The maximum Gasteiger partial charge on any atom is 0.122 e. The van der Waals surface area contributed by atoms with Gasteiger partial charge in [0, 0.05) is 24.0 Å². The Kier molecular flexibility index (Phi) is 5.61. The average molecular weight is 348 g/mol. The van der Waals surface area contributed by atoms with Crippen LogP contribution in [-0.4, -0.2) is 31.9 Å². The molecule has 0 saturated carbocycles. The van der Waals surface area contributed by atoms with Crippen LogP contribution < -0.4 is 14.8 Å². The maximum atomic E-state index is 10.2. The molecule has 0 radical (unpaired) electrons. The highest BCUT2D eigenvalue weighted by Gasteiger charge is 2.20. The SMILES string of the molecule is COc1ccc2c(c1)C[C@@H](CNC[C@H](O)c1cccc(Cl)c1)CO2. The lowest BCUT2D eigenvalue weighted by Crippen LogP contribution is -2.33. The quantitative estimate of drug-likeness (QED) is 0.842. The molecule has 4 nitrogen and oxygen atoms in total. The maximum absolute atomic E-state index is 10.2. The number of halogens is 1. The zero-order valence-electron chi connectivity index (χ0n) is 13.7. The summed E-state index contributed by atoms with van der Waals surface area (Å²) < 4.78 is 11.1. The second kappa shape index (κ2) is 7.88. The van der Waals surface area contributed by atoms with Gasteiger partial charge in [0.25, 0.3) is 0 Å². The topological polar surface area (TPSA) is 50.7 Å². The van der Waals surface area contributed by atoms with Crippen molar-refractivity contribution in [3.8, 4) is 11.5 Å². The number of rotatable bonds is 6. The molecule has 0 saturated heterocycles. The van der Waals surface area contributed by atoms with Crippen molar-refractivity contribution in [3.63, 3.8) is 0 Å². The summed E-state index contributed by atoms with van der Waals surface area (Å²) in [6.45, 7) is 1.95. The van der Waals surface area contributed by atoms with E-state index < -0.39 is 6.10 Å². The summed E-state index contributed by atoms with van der Waals surface area (Å²) in [6.07, 6.45) is 0.368. The molecule has 0 unspecified atom stereocenters. The summed E-state index contributed by atoms with van der Waals surface area (Å²) in [7, 11) is 1.67. The van der Waals surface area contributed by atoms with Gasteiger partial charge in [0.1, 0.15) is 11.5 Å². The van der Waals surface area contributed by atoms with E-state index in [1.807, 2.05) is 30.3 Å². The Bertz CT molecular complexity index is 692. The smallest absolute Gasteiger partial charge is 0.122 e. The van der Waals surface area contributed by atoms with Crippen LogP contribution in [0, 0.1) is 5.92 Å². The van der Waals surface area contributed by atoms with Crippen LogP contribution in [0.1, 0.15) is 17.2 Å². The molecule has 2 atom stereocenters. The van der Waals surface area contributed by atoms with Crippen molar-refractivity contribution >= 4 is 11.6 Å². The first-order chi connectivity index (χ1) is 11.7. The lowest BCUT2D eigenvalue weighted by atomic mass is 9.96. The molecule has 3 rings (SSSR count). The van der Waals surface area contributed by atoms with Crippen molar-refractivity contribution in [1.29, 1.82) is 0 Å². The van der Waals surface area contributed by atoms with Crippen molar-refractivity contribution < 1.29 is 14.6 Å². The Morgan fingerprint density at radius 2 is 2.21 bits per heavy atom. The number of benzene rings is 2. The molecular formula is C19H22ClNO3. The van der Waals surface area contributed by atoms with E-state index in [4.69, 9.17) is 21.1 Å². The fraction of sp³-hybridized carbons (Fsp3) is 0.368. The van der Waals surface area contributed by atoms with Crippen LogP contribution >= 0.6 is 11.6 Å². The molecule has 2 N–H and O–H groups in total. The standard InChI is InChI=1S/C19H22ClNO3/c1-23-17-5-6-19-15(9-17)7-13(12-24-19)10-21-11-18(22)14-3-2-4-16(20)8-14/h2-6,8-9,13,18,21-22H,7,10-12H2,1H3/t13-,18-/m0/s1. The van der Waals surface area contributed by atoms with Crippen molar-refractivity contribution in [2.45, 2.75) is 12.5 Å². The Morgan fingerprint density at radius 3 is 3.00 bits per heavy atom. The van der Waals surface area contributed by atoms with Crippen molar-refractivity contribution in [3.05, 3.63) is 58.6 Å². The molecule has 5 heteroatoms. The highest BCUT2D eigenvalue weighted by molar-refractivity contribution is 6.30. The predicted octanol–water partition coefficient (Wildman–Crippen LogP) is 3.22. The first kappa shape index (κ1) is 17.1. The van der Waals surface area contributed by atoms with E-state index in [9.17, 15) is 5.11 Å². The van der Waals surface area contributed by atoms with E-state index in [-0.39, 0.29) is 0 Å². The molecule has 0 bridgehead atoms. The van der Waals surface area contributed by atoms with Crippen LogP contribution in [0.4, 0.5) is 0 Å². The molecule has 24 heavy (non-hydrogen) atoms. The van der Waals surface area contributed by atoms with Crippen LogP contribution in [0.25, 0.3) is 0 Å². The van der Waals surface area contributed by atoms with Crippen molar-refractivity contribution in [2.24, 2.45) is 5.92 Å². The van der Waals surface area contributed by atoms with Gasteiger partial charge >= 0.3 is 0 Å². The zero-order valence-corrected chi connectivity index (χ0v) is 14.4. The minimum atomic E-state index is -0.569. The van der Waals surface area contributed by atoms with Gasteiger partial charge in [0.15, 0.2) is 0 Å². The number of nitrogens with one attached hydrogen (secondary N) is 1. The first-order valence-electron chi connectivity index (χ1n) is 8.09. The third-order valence-electron chi connectivity index (χ3n) is 4.25. The summed E-state index contributed by atoms with van der Waals surface area (Å²) in [5, 5.41) is 14.2. The van der Waals surface area contributed by atoms with Gasteiger partial charge < -0.3 is 19.9 Å². The Balaban J connectivity index is 1.50. The van der Waals surface area contributed by atoms with Gasteiger partial charge in [-0.05, 0) is 47.9 Å². The van der Waals surface area contributed by atoms with E-state index in [0.29, 0.717) is 24.1 Å². The Hall–Kier alpha value is -1.75. The Morgan fingerprint density at radius 1 is 1.33 bits per heavy atom. The zero-order chi connectivity index (χ0) is 16.9. The number of aliphatic hydroxyl groups is 1. The number of hydrogen-bond acceptors (Lipinski definition) is 4. The summed E-state index contributed by atoms with van der Waals surface area (Å²) in [5.41, 5.74) is 1.99. The van der Waals surface area contributed by atoms with E-state index in [2.05, 4.69) is 5.32 Å². The van der Waals surface area contributed by atoms with Crippen molar-refractivity contribution in [2.75, 3.05) is 26.8 Å². The molecule has 2 aromatic rings. The molecular weight excluding hydrogens is 326 g/mol. The third-order valence-corrected chi connectivity index (χ3v) is 4.49. The van der Waals surface area contributed by atoms with Crippen LogP contribution in [0.3, 0.4) is 0 Å². The van der Waals surface area contributed by atoms with Crippen LogP contribution in [0.15, 0.2) is 42.5 Å². The second-order valence-corrected chi connectivity index (χ2v) is 6.52. The average Bonchev–Trinajstić information content (AvgIpc) is 2.61. The van der Waals surface area contributed by atoms with Crippen LogP contribution in [0.2, 0.25) is 5.02 Å². The van der Waals surface area contributed by atoms with Gasteiger partial charge in [-0.25, -0.2) is 0 Å². The molecule has 128 valence electrons. The summed E-state index contributed by atoms with van der Waals surface area (Å²) in [6, 6.07) is 13.2. The fourth-order valence-corrected chi connectivity index (χ4v) is 3.15. The number of methoxy groups -OCH3 is 1. The van der Waals surface area contributed by atoms with Gasteiger partial charge in [0.05, 0.1) is 19.8 Å². The minimum absolute atomic E-state index is 0.371. The first-order valence-corrected chi connectivity index (χ1v) is 8.47. The van der Waals surface area contributed by atoms with E-state index >= 15 is 0 Å². The van der Waals surface area contributed by atoms with E-state index in [1.165, 1.54) is 5.56 Å². The third kappa shape index (κ3) is 4.20. The number of ether oxygens (including phenoxy) is 2. The Labute approximate surface area is 147 Å². The number of fused-ring (bicyclic) bond motifs is 1. The molecule has 1 heterocycles. The fourth-order valence-electron chi connectivity index (χ4n) is 2.95. The normalized spacial score (nSPS) is 17.7. The van der Waals surface area contributed by atoms with Crippen LogP contribution in [-0.2, 0) is 6.42 Å². The summed E-state index contributed by atoms with van der Waals surface area (Å²) >= 11 is 5.96. The molecule has 1 aliphatic heterocycles. The molecule has 1 aliphatic rings. The van der Waals surface area contributed by atoms with Crippen LogP contribution in [0.5, 0.6) is 11.5 Å². The van der Waals surface area contributed by atoms with Gasteiger partial charge in [-0.15, -0.1) is 0 Å². The molecule has 0 aliphatic carbocycles. The van der Waals surface area contributed by atoms with E-state index in [1.54, 1.807) is 19.2 Å². The highest BCUT2D eigenvalue weighted by Crippen LogP contribution is 2.30. The number of aliphatic hydroxyl groups excluding tert-OH is 1. The van der Waals surface area contributed by atoms with Gasteiger partial charge in [-0.1, -0.05) is 23.7 Å². The predicted molar refractivity (Wildman–Crippen MR) is 95.0 cm³/mol. The van der Waals surface area contributed by atoms with Gasteiger partial charge in [-0.2, -0.15) is 0 Å². The van der Waals surface area contributed by atoms with Gasteiger partial charge in [0.2, 0.25) is 0 Å². The van der Waals surface area contributed by atoms with Gasteiger partial charge in [-0.3, -0.25) is 0 Å². The summed E-state index contributed by atoms with van der Waals surface area (Å²) in [4.78, 5) is 0. The molecule has 0 aromatic heterocycles. The molecule has 0 fully saturated rings.